The van der Waals surface area contributed by atoms with E-state index in [0.717, 1.165) is 38.2 Å². The molecular weight excluding hydrogens is 1820 g/mol. The van der Waals surface area contributed by atoms with Gasteiger partial charge in [0.05, 0.1) is 44.2 Å². The molecule has 3 aliphatic rings. The number of rotatable bonds is 26. The number of aliphatic hydroxyl groups excluding tert-OH is 1. The number of hydrogen-bond acceptors (Lipinski definition) is 23. The van der Waals surface area contributed by atoms with Crippen LogP contribution in [0.25, 0.3) is 21.0 Å². The SMILES string of the molecule is CCCC[C@H]1C(=O)N(C)[C@@H](CCCC)C(=O)NC(CCCNC(=N)N)C(=O)N[C@H](C(=O)NCC(N)=O)CSCC(=O)N[C@@H](Cc2ccc(O)cc2)C(=O)N(C)[C@@H](C)C(=O)N[C@@H](CC(N)=O)C(=O)N2CC(F)(F)C[C@H]2C(=O)N[C@@H](Cc2cnc[nH]2)C(=O)N[C@@H](CC(C)C)C(=O)N2CCC[C@H]2C(=O)C[C@@H](Cc2c[nH]c3ccccc23)C(=O)N[C@@H](CO)C(=O)N[C@@H](Cc2csc3ccccc23)C(=O)N1C. The van der Waals surface area contributed by atoms with Crippen molar-refractivity contribution in [2.75, 3.05) is 65.4 Å². The average Bonchev–Trinajstić information content (AvgIpc) is 1.63. The van der Waals surface area contributed by atoms with E-state index in [2.05, 4.69) is 68.1 Å². The zero-order valence-corrected chi connectivity index (χ0v) is 79.5. The quantitative estimate of drug-likeness (QED) is 0.0195. The number of guanidine groups is 1. The lowest BCUT2D eigenvalue weighted by Gasteiger charge is -2.36. The van der Waals surface area contributed by atoms with E-state index in [0.29, 0.717) is 63.6 Å². The second-order valence-corrected chi connectivity index (χ2v) is 37.3. The van der Waals surface area contributed by atoms with Gasteiger partial charge in [-0.05, 0) is 116 Å². The number of thioether (sulfide) groups is 1. The molecule has 41 nitrogen and oxygen atoms in total. The van der Waals surface area contributed by atoms with Gasteiger partial charge >= 0.3 is 0 Å². The van der Waals surface area contributed by atoms with Crippen LogP contribution in [0, 0.1) is 17.2 Å². The zero-order valence-electron chi connectivity index (χ0n) is 77.9. The number of nitrogens with one attached hydrogen (secondary N) is 13. The lowest BCUT2D eigenvalue weighted by atomic mass is 9.90. The number of hydrogen-bond donors (Lipinski definition) is 18. The van der Waals surface area contributed by atoms with Crippen molar-refractivity contribution in [3.63, 3.8) is 0 Å². The Labute approximate surface area is 798 Å². The Bertz CT molecular complexity index is 5310. The minimum atomic E-state index is -3.85. The number of fused-ring (bicyclic) bond motifs is 4. The first kappa shape index (κ1) is 107. The molecule has 3 aromatic carbocycles. The molecule has 137 heavy (non-hydrogen) atoms. The topological polar surface area (TPSA) is 614 Å². The van der Waals surface area contributed by atoms with Gasteiger partial charge in [-0.25, -0.2) is 13.8 Å². The van der Waals surface area contributed by atoms with Crippen molar-refractivity contribution >= 4 is 150 Å². The molecule has 9 rings (SSSR count). The Morgan fingerprint density at radius 3 is 1.88 bits per heavy atom. The number of ketones is 1. The van der Waals surface area contributed by atoms with Gasteiger partial charge in [-0.1, -0.05) is 102 Å². The van der Waals surface area contributed by atoms with Crippen molar-refractivity contribution in [2.45, 2.75) is 235 Å². The summed E-state index contributed by atoms with van der Waals surface area (Å²) in [5.74, 6) is -24.3. The molecule has 744 valence electrons. The number of thiophene rings is 1. The number of nitrogens with two attached hydrogens (primary N) is 3. The molecule has 3 aliphatic heterocycles. The van der Waals surface area contributed by atoms with E-state index in [4.69, 9.17) is 22.6 Å². The number of amides is 16. The number of para-hydroxylation sites is 1. The number of aromatic amines is 2. The fourth-order valence-corrected chi connectivity index (χ4v) is 18.8. The summed E-state index contributed by atoms with van der Waals surface area (Å²) in [7, 11) is 3.84. The fourth-order valence-electron chi connectivity index (χ4n) is 16.9. The maximum absolute atomic E-state index is 16.1. The normalized spacial score (nSPS) is 24.5. The molecule has 45 heteroatoms. The third-order valence-corrected chi connectivity index (χ3v) is 26.5. The van der Waals surface area contributed by atoms with Gasteiger partial charge in [-0.15, -0.1) is 23.1 Å². The maximum Gasteiger partial charge on any atom is 0.267 e. The highest BCUT2D eigenvalue weighted by Crippen LogP contribution is 2.35. The number of phenols is 1. The molecule has 6 aromatic rings. The highest BCUT2D eigenvalue weighted by molar-refractivity contribution is 8.00. The maximum atomic E-state index is 16.1. The standard InChI is InChI=1S/C92H126F2N22O19S2/c1-9-11-23-70-84(129)105-61(22-17-31-100-91(97)98)81(126)111-68(80(125)102-43-76(96)121)46-136-47-77(122)104-64(34-52-27-29-57(118)30-28-52)86(131)112(6)51(5)78(123)107-66(39-75(95)120)89(134)116-48-92(93,94)40-72(116)85(130)106-62(38-56-42-99-49-103-56)82(127)108-63(33-50(3)4)88(133)115-32-18-25-69(115)73(119)37-53(35-54-41-101-60-21-15-13-19-58(54)60)79(124)110-67(44-117)83(128)109-65(36-55-45-137-74-26-16-14-20-59(55)74)87(132)114(8)71(24-12-10-2)90(135)113(70)7/h13-16,19-21,26-30,41-42,45,49-51,53,61-72,101,117-118H,9-12,17-18,22-25,31-40,43-44,46-48H2,1-8H3,(H2,95,120)(H2,96,121)(H,99,103)(H,102,125)(H,104,122)(H,105,129)(H,106,130)(H,107,123)(H,108,127)(H,109,128)(H,110,124)(H,111,126)(H4,97,98,100)/t51-,53+,61?,62-,63-,64-,65-,66-,67-,68-,69-,70-,71-,72-/m0/s1. The van der Waals surface area contributed by atoms with Crippen LogP contribution >= 0.6 is 23.1 Å². The number of carbonyl (C=O) groups excluding carboxylic acids is 17. The van der Waals surface area contributed by atoms with E-state index < -0.39 is 254 Å². The lowest BCUT2D eigenvalue weighted by molar-refractivity contribution is -0.149. The predicted molar refractivity (Wildman–Crippen MR) is 503 cm³/mol. The van der Waals surface area contributed by atoms with Gasteiger partial charge in [-0.3, -0.25) is 86.9 Å². The number of aromatic hydroxyl groups is 1. The molecule has 0 spiro atoms. The highest BCUT2D eigenvalue weighted by atomic mass is 32.2. The molecule has 6 heterocycles. The van der Waals surface area contributed by atoms with Crippen LogP contribution < -0.4 is 70.4 Å². The Balaban J connectivity index is 1.11. The van der Waals surface area contributed by atoms with Crippen LogP contribution in [0.1, 0.15) is 147 Å². The molecule has 14 atom stereocenters. The first-order chi connectivity index (χ1) is 65.1. The molecule has 0 saturated carbocycles. The molecular formula is C92H126F2N22O19S2. The highest BCUT2D eigenvalue weighted by Gasteiger charge is 2.53. The molecule has 16 amide bonds. The number of phenolic OH excluding ortho intramolecular Hbond substituents is 1. The van der Waals surface area contributed by atoms with E-state index in [1.54, 1.807) is 55.8 Å². The number of aromatic nitrogens is 3. The van der Waals surface area contributed by atoms with Crippen LogP contribution in [0.15, 0.2) is 96.9 Å². The number of imidazole rings is 1. The van der Waals surface area contributed by atoms with Crippen LogP contribution in [0.4, 0.5) is 8.78 Å². The predicted octanol–water partition coefficient (Wildman–Crippen LogP) is 0.170. The summed E-state index contributed by atoms with van der Waals surface area (Å²) in [6.07, 6.45) is 1.61. The summed E-state index contributed by atoms with van der Waals surface area (Å²) in [5, 5.41) is 58.3. The molecule has 0 bridgehead atoms. The van der Waals surface area contributed by atoms with Gasteiger partial charge in [0.15, 0.2) is 11.7 Å². The number of benzene rings is 3. The summed E-state index contributed by atoms with van der Waals surface area (Å²) in [4.78, 5) is 266. The summed E-state index contributed by atoms with van der Waals surface area (Å²) in [6.45, 7) is 4.97. The van der Waals surface area contributed by atoms with E-state index in [9.17, 15) is 53.4 Å². The molecule has 3 fully saturated rings. The fraction of sp³-hybridized carbons (Fsp3) is 0.533. The number of primary amides is 2. The van der Waals surface area contributed by atoms with E-state index in [1.165, 1.54) is 74.0 Å². The Morgan fingerprint density at radius 2 is 1.22 bits per heavy atom. The van der Waals surface area contributed by atoms with Crippen molar-refractivity contribution in [3.05, 3.63) is 119 Å². The Hall–Kier alpha value is -13.2. The number of carbonyl (C=O) groups is 17. The molecule has 0 aliphatic carbocycles. The molecule has 0 radical (unpaired) electrons. The van der Waals surface area contributed by atoms with Crippen LogP contribution in [0.2, 0.25) is 0 Å². The zero-order chi connectivity index (χ0) is 100. The average molecular weight is 1950 g/mol. The monoisotopic (exact) mass is 1940 g/mol. The van der Waals surface area contributed by atoms with Crippen LogP contribution in [-0.4, -0.2) is 306 Å². The number of Topliss-reactive ketones (excluding diaryl/α,β-unsaturated/α-hetero) is 1. The number of halogens is 2. The minimum Gasteiger partial charge on any atom is -0.508 e. The van der Waals surface area contributed by atoms with E-state index >= 15 is 47.1 Å². The van der Waals surface area contributed by atoms with Crippen molar-refractivity contribution in [1.82, 2.24) is 92.6 Å². The number of nitrogens with zero attached hydrogens (tertiary/aromatic N) is 6. The molecule has 3 aromatic heterocycles. The van der Waals surface area contributed by atoms with Gasteiger partial charge in [0.25, 0.3) is 5.92 Å². The third-order valence-electron chi connectivity index (χ3n) is 24.5. The number of aliphatic hydroxyl groups is 1. The Morgan fingerprint density at radius 1 is 0.606 bits per heavy atom. The summed E-state index contributed by atoms with van der Waals surface area (Å²) < 4.78 is 33.0. The Kier molecular flexibility index (Phi) is 39.7. The summed E-state index contributed by atoms with van der Waals surface area (Å²) in [5.41, 5.74) is 19.0. The van der Waals surface area contributed by atoms with Crippen molar-refractivity contribution in [2.24, 2.45) is 29.0 Å². The van der Waals surface area contributed by atoms with Crippen molar-refractivity contribution in [3.8, 4) is 5.75 Å². The number of alkyl halides is 2. The number of unbranched alkanes of at least 4 members (excludes halogenated alkanes) is 2. The van der Waals surface area contributed by atoms with Crippen LogP contribution in [0.5, 0.6) is 5.75 Å². The van der Waals surface area contributed by atoms with E-state index in [-0.39, 0.29) is 94.7 Å². The first-order valence-electron chi connectivity index (χ1n) is 45.7. The largest absolute Gasteiger partial charge is 0.508 e. The van der Waals surface area contributed by atoms with Crippen LogP contribution in [0.3, 0.4) is 0 Å². The van der Waals surface area contributed by atoms with Crippen molar-refractivity contribution < 1.29 is 101 Å². The van der Waals surface area contributed by atoms with Gasteiger partial charge < -0.3 is 115 Å². The minimum absolute atomic E-state index is 0.00189. The molecule has 21 N–H and O–H groups in total. The second-order valence-electron chi connectivity index (χ2n) is 35.3. The molecule has 3 saturated heterocycles. The van der Waals surface area contributed by atoms with E-state index in [1.807, 2.05) is 32.0 Å². The van der Waals surface area contributed by atoms with Crippen molar-refractivity contribution in [1.29, 1.82) is 5.41 Å². The second kappa shape index (κ2) is 50.6. The third kappa shape index (κ3) is 30.1. The number of H-pyrrole nitrogens is 2. The first-order valence-corrected chi connectivity index (χ1v) is 47.7. The number of likely N-dealkylation sites (N-methyl/N-ethyl adjacent to an activating group) is 3. The molecule has 1 unspecified atom stereocenters. The van der Waals surface area contributed by atoms with Gasteiger partial charge in [0, 0.05) is 112 Å². The van der Waals surface area contributed by atoms with Crippen LogP contribution in [-0.2, 0) is 107 Å². The van der Waals surface area contributed by atoms with Gasteiger partial charge in [0.2, 0.25) is 94.5 Å². The smallest absolute Gasteiger partial charge is 0.267 e. The van der Waals surface area contributed by atoms with Gasteiger partial charge in [-0.2, -0.15) is 0 Å². The summed E-state index contributed by atoms with van der Waals surface area (Å²) >= 11 is 2.07. The van der Waals surface area contributed by atoms with Gasteiger partial charge in [0.1, 0.15) is 78.3 Å². The lowest BCUT2D eigenvalue weighted by Crippen LogP contribution is -2.61. The summed E-state index contributed by atoms with van der Waals surface area (Å²) in [6, 6.07) is -1.61.